The van der Waals surface area contributed by atoms with E-state index in [2.05, 4.69) is 6.07 Å². The Balaban J connectivity index is 3.36. The Morgan fingerprint density at radius 2 is 2.00 bits per heavy atom. The zero-order valence-electron chi connectivity index (χ0n) is 8.87. The fourth-order valence-corrected chi connectivity index (χ4v) is 1.57. The summed E-state index contributed by atoms with van der Waals surface area (Å²) in [6.07, 6.45) is 0. The topological polar surface area (TPSA) is 42.2 Å². The molecular weight excluding hydrogens is 214 g/mol. The molecule has 1 aromatic carbocycles. The molecule has 4 heteroatoms. The van der Waals surface area contributed by atoms with Gasteiger partial charge in [0.25, 0.3) is 0 Å². The molecule has 1 aromatic rings. The van der Waals surface area contributed by atoms with Crippen LogP contribution in [0.3, 0.4) is 0 Å². The molecule has 0 saturated carbocycles. The highest BCUT2D eigenvalue weighted by Gasteiger charge is 2.16. The van der Waals surface area contributed by atoms with Gasteiger partial charge in [-0.05, 0) is 13.0 Å². The quantitative estimate of drug-likeness (QED) is 0.794. The Labute approximate surface area is 94.2 Å². The Hall–Kier alpha value is -1.40. The maximum atomic E-state index is 8.87. The van der Waals surface area contributed by atoms with Gasteiger partial charge in [0.2, 0.25) is 0 Å². The fourth-order valence-electron chi connectivity index (χ4n) is 1.35. The van der Waals surface area contributed by atoms with Crippen molar-refractivity contribution in [1.82, 2.24) is 0 Å². The van der Waals surface area contributed by atoms with E-state index in [1.54, 1.807) is 26.2 Å². The third kappa shape index (κ3) is 2.34. The SMILES string of the molecule is COc1cc(Cl)cc(C(C)C#N)c1OC. The Kier molecular flexibility index (Phi) is 3.81. The molecule has 0 bridgehead atoms. The van der Waals surface area contributed by atoms with E-state index in [1.165, 1.54) is 7.11 Å². The van der Waals surface area contributed by atoms with E-state index in [0.717, 1.165) is 5.56 Å². The fraction of sp³-hybridized carbons (Fsp3) is 0.364. The number of nitriles is 1. The van der Waals surface area contributed by atoms with Crippen LogP contribution in [0.5, 0.6) is 11.5 Å². The number of ether oxygens (including phenoxy) is 2. The van der Waals surface area contributed by atoms with E-state index in [9.17, 15) is 0 Å². The van der Waals surface area contributed by atoms with Crippen LogP contribution >= 0.6 is 11.6 Å². The molecule has 15 heavy (non-hydrogen) atoms. The van der Waals surface area contributed by atoms with Crippen molar-refractivity contribution in [3.8, 4) is 17.6 Å². The van der Waals surface area contributed by atoms with Gasteiger partial charge in [-0.1, -0.05) is 11.6 Å². The molecule has 0 aliphatic heterocycles. The van der Waals surface area contributed by atoms with Crippen LogP contribution in [-0.2, 0) is 0 Å². The number of methoxy groups -OCH3 is 2. The number of rotatable bonds is 3. The van der Waals surface area contributed by atoms with Crippen LogP contribution < -0.4 is 9.47 Å². The minimum atomic E-state index is -0.285. The largest absolute Gasteiger partial charge is 0.493 e. The summed E-state index contributed by atoms with van der Waals surface area (Å²) in [5.74, 6) is 0.825. The minimum absolute atomic E-state index is 0.285. The third-order valence-corrected chi connectivity index (χ3v) is 2.35. The van der Waals surface area contributed by atoms with Crippen molar-refractivity contribution in [3.63, 3.8) is 0 Å². The minimum Gasteiger partial charge on any atom is -0.493 e. The summed E-state index contributed by atoms with van der Waals surface area (Å²) < 4.78 is 10.3. The van der Waals surface area contributed by atoms with E-state index >= 15 is 0 Å². The highest BCUT2D eigenvalue weighted by Crippen LogP contribution is 2.38. The first kappa shape index (κ1) is 11.7. The molecule has 0 N–H and O–H groups in total. The van der Waals surface area contributed by atoms with Gasteiger partial charge in [0.05, 0.1) is 26.2 Å². The van der Waals surface area contributed by atoms with E-state index in [1.807, 2.05) is 0 Å². The molecule has 0 radical (unpaired) electrons. The van der Waals surface area contributed by atoms with Crippen LogP contribution in [0.15, 0.2) is 12.1 Å². The summed E-state index contributed by atoms with van der Waals surface area (Å²) in [6, 6.07) is 5.52. The molecule has 1 atom stereocenters. The summed E-state index contributed by atoms with van der Waals surface area (Å²) in [5, 5.41) is 9.41. The van der Waals surface area contributed by atoms with E-state index in [4.69, 9.17) is 26.3 Å². The molecule has 0 aliphatic rings. The van der Waals surface area contributed by atoms with Crippen molar-refractivity contribution in [2.24, 2.45) is 0 Å². The zero-order valence-corrected chi connectivity index (χ0v) is 9.63. The van der Waals surface area contributed by atoms with Gasteiger partial charge in [-0.15, -0.1) is 0 Å². The van der Waals surface area contributed by atoms with Crippen LogP contribution in [0.1, 0.15) is 18.4 Å². The molecule has 0 aromatic heterocycles. The lowest BCUT2D eigenvalue weighted by Gasteiger charge is -2.14. The number of nitrogens with zero attached hydrogens (tertiary/aromatic N) is 1. The molecule has 0 amide bonds. The zero-order chi connectivity index (χ0) is 11.4. The smallest absolute Gasteiger partial charge is 0.165 e. The molecule has 1 unspecified atom stereocenters. The lowest BCUT2D eigenvalue weighted by molar-refractivity contribution is 0.351. The predicted molar refractivity (Wildman–Crippen MR) is 58.6 cm³/mol. The third-order valence-electron chi connectivity index (χ3n) is 2.13. The first-order valence-corrected chi connectivity index (χ1v) is 4.82. The average molecular weight is 226 g/mol. The van der Waals surface area contributed by atoms with Gasteiger partial charge in [0.15, 0.2) is 11.5 Å². The van der Waals surface area contributed by atoms with Gasteiger partial charge in [0.1, 0.15) is 0 Å². The average Bonchev–Trinajstić information content (AvgIpc) is 2.26. The van der Waals surface area contributed by atoms with Crippen LogP contribution in [0.25, 0.3) is 0 Å². The van der Waals surface area contributed by atoms with Gasteiger partial charge >= 0.3 is 0 Å². The normalized spacial score (nSPS) is 11.7. The predicted octanol–water partition coefficient (Wildman–Crippen LogP) is 2.98. The van der Waals surface area contributed by atoms with E-state index in [-0.39, 0.29) is 5.92 Å². The summed E-state index contributed by atoms with van der Waals surface area (Å²) in [6.45, 7) is 1.79. The van der Waals surface area contributed by atoms with Crippen LogP contribution in [0, 0.1) is 11.3 Å². The first-order valence-electron chi connectivity index (χ1n) is 4.45. The van der Waals surface area contributed by atoms with E-state index in [0.29, 0.717) is 16.5 Å². The summed E-state index contributed by atoms with van der Waals surface area (Å²) in [7, 11) is 3.08. The Morgan fingerprint density at radius 3 is 2.47 bits per heavy atom. The van der Waals surface area contributed by atoms with E-state index < -0.39 is 0 Å². The van der Waals surface area contributed by atoms with Crippen LogP contribution in [-0.4, -0.2) is 14.2 Å². The number of hydrogen-bond acceptors (Lipinski definition) is 3. The highest BCUT2D eigenvalue weighted by molar-refractivity contribution is 6.30. The molecule has 80 valence electrons. The van der Waals surface area contributed by atoms with Crippen molar-refractivity contribution in [2.75, 3.05) is 14.2 Å². The molecule has 1 rings (SSSR count). The highest BCUT2D eigenvalue weighted by atomic mass is 35.5. The number of halogens is 1. The lowest BCUT2D eigenvalue weighted by Crippen LogP contribution is -1.98. The second-order valence-electron chi connectivity index (χ2n) is 3.08. The standard InChI is InChI=1S/C11H12ClNO2/c1-7(6-13)9-4-8(12)5-10(14-2)11(9)15-3/h4-5,7H,1-3H3. The van der Waals surface area contributed by atoms with Gasteiger partial charge < -0.3 is 9.47 Å². The maximum absolute atomic E-state index is 8.87. The van der Waals surface area contributed by atoms with Crippen LogP contribution in [0.2, 0.25) is 5.02 Å². The van der Waals surface area contributed by atoms with Gasteiger partial charge in [0, 0.05) is 16.7 Å². The van der Waals surface area contributed by atoms with Gasteiger partial charge in [-0.25, -0.2) is 0 Å². The molecule has 0 aliphatic carbocycles. The van der Waals surface area contributed by atoms with Crippen molar-refractivity contribution in [3.05, 3.63) is 22.7 Å². The van der Waals surface area contributed by atoms with Crippen molar-refractivity contribution >= 4 is 11.6 Å². The molecule has 3 nitrogen and oxygen atoms in total. The summed E-state index contributed by atoms with van der Waals surface area (Å²) in [5.41, 5.74) is 0.740. The number of benzene rings is 1. The number of hydrogen-bond donors (Lipinski definition) is 0. The second-order valence-corrected chi connectivity index (χ2v) is 3.52. The molecule has 0 heterocycles. The van der Waals surface area contributed by atoms with Gasteiger partial charge in [-0.3, -0.25) is 0 Å². The second kappa shape index (κ2) is 4.90. The summed E-state index contributed by atoms with van der Waals surface area (Å²) >= 11 is 5.91. The Bertz CT molecular complexity index is 398. The van der Waals surface area contributed by atoms with Crippen LogP contribution in [0.4, 0.5) is 0 Å². The van der Waals surface area contributed by atoms with Gasteiger partial charge in [-0.2, -0.15) is 5.26 Å². The molecular formula is C11H12ClNO2. The lowest BCUT2D eigenvalue weighted by atomic mass is 10.0. The first-order chi connectivity index (χ1) is 7.13. The molecule has 0 saturated heterocycles. The van der Waals surface area contributed by atoms with Crippen molar-refractivity contribution in [1.29, 1.82) is 5.26 Å². The van der Waals surface area contributed by atoms with Crippen molar-refractivity contribution < 1.29 is 9.47 Å². The maximum Gasteiger partial charge on any atom is 0.165 e. The molecule has 0 spiro atoms. The van der Waals surface area contributed by atoms with Crippen molar-refractivity contribution in [2.45, 2.75) is 12.8 Å². The summed E-state index contributed by atoms with van der Waals surface area (Å²) in [4.78, 5) is 0. The molecule has 0 fully saturated rings. The Morgan fingerprint density at radius 1 is 1.33 bits per heavy atom. The monoisotopic (exact) mass is 225 g/mol.